The van der Waals surface area contributed by atoms with Gasteiger partial charge in [-0.25, -0.2) is 14.2 Å². The normalized spacial score (nSPS) is 12.2. The molecular formula is C13H18FN3O2. The number of ether oxygens (including phenoxy) is 1. The molecule has 3 N–H and O–H groups in total. The minimum absolute atomic E-state index is 0.267. The number of nitrogens with two attached hydrogens (primary N) is 1. The monoisotopic (exact) mass is 267 g/mol. The molecule has 1 aromatic carbocycles. The van der Waals surface area contributed by atoms with E-state index in [2.05, 4.69) is 10.3 Å². The molecule has 0 aromatic heterocycles. The van der Waals surface area contributed by atoms with Crippen LogP contribution in [0.2, 0.25) is 0 Å². The van der Waals surface area contributed by atoms with Crippen LogP contribution < -0.4 is 11.1 Å². The summed E-state index contributed by atoms with van der Waals surface area (Å²) in [5.74, 6) is -0.192. The van der Waals surface area contributed by atoms with E-state index < -0.39 is 17.5 Å². The van der Waals surface area contributed by atoms with E-state index in [0.29, 0.717) is 11.5 Å². The lowest BCUT2D eigenvalue weighted by Gasteiger charge is -2.19. The zero-order chi connectivity index (χ0) is 14.6. The van der Waals surface area contributed by atoms with E-state index in [0.717, 1.165) is 0 Å². The first-order valence-corrected chi connectivity index (χ1v) is 5.77. The Morgan fingerprint density at radius 2 is 2.00 bits per heavy atom. The molecule has 6 heteroatoms. The van der Waals surface area contributed by atoms with Gasteiger partial charge in [0.1, 0.15) is 17.3 Å². The van der Waals surface area contributed by atoms with Crippen molar-refractivity contribution in [1.82, 2.24) is 5.32 Å². The summed E-state index contributed by atoms with van der Waals surface area (Å²) in [4.78, 5) is 15.5. The Kier molecular flexibility index (Phi) is 4.47. The Balaban J connectivity index is 2.74. The fourth-order valence-corrected chi connectivity index (χ4v) is 1.33. The lowest BCUT2D eigenvalue weighted by Crippen LogP contribution is -2.35. The van der Waals surface area contributed by atoms with Gasteiger partial charge in [-0.05, 0) is 45.9 Å². The Hall–Kier alpha value is -2.11. The minimum Gasteiger partial charge on any atom is -0.444 e. The van der Waals surface area contributed by atoms with Crippen LogP contribution in [0.25, 0.3) is 0 Å². The number of nitrogens with one attached hydrogen (secondary N) is 1. The molecule has 5 nitrogen and oxygen atoms in total. The molecule has 0 fully saturated rings. The topological polar surface area (TPSA) is 76.7 Å². The molecule has 0 aliphatic rings. The lowest BCUT2D eigenvalue weighted by molar-refractivity contribution is 0.0563. The van der Waals surface area contributed by atoms with E-state index in [1.165, 1.54) is 18.2 Å². The van der Waals surface area contributed by atoms with Crippen molar-refractivity contribution in [1.29, 1.82) is 0 Å². The molecule has 1 rings (SSSR count). The molecule has 0 radical (unpaired) electrons. The van der Waals surface area contributed by atoms with Crippen molar-refractivity contribution >= 4 is 23.3 Å². The Bertz CT molecular complexity index is 487. The molecule has 0 heterocycles. The third-order valence-electron chi connectivity index (χ3n) is 1.88. The molecule has 0 unspecified atom stereocenters. The third-order valence-corrected chi connectivity index (χ3v) is 1.88. The molecule has 104 valence electrons. The zero-order valence-electron chi connectivity index (χ0n) is 11.5. The summed E-state index contributed by atoms with van der Waals surface area (Å²) >= 11 is 0. The number of rotatable bonds is 1. The summed E-state index contributed by atoms with van der Waals surface area (Å²) in [7, 11) is 0. The van der Waals surface area contributed by atoms with Crippen molar-refractivity contribution in [3.8, 4) is 0 Å². The van der Waals surface area contributed by atoms with Gasteiger partial charge in [0.05, 0.1) is 5.69 Å². The minimum atomic E-state index is -0.613. The van der Waals surface area contributed by atoms with E-state index in [9.17, 15) is 9.18 Å². The van der Waals surface area contributed by atoms with Gasteiger partial charge in [0.2, 0.25) is 0 Å². The number of benzene rings is 1. The maximum absolute atomic E-state index is 13.1. The molecule has 0 saturated heterocycles. The average Bonchev–Trinajstić information content (AvgIpc) is 2.10. The number of nitrogen functional groups attached to an aromatic ring is 1. The van der Waals surface area contributed by atoms with Gasteiger partial charge in [0.25, 0.3) is 0 Å². The van der Waals surface area contributed by atoms with Crippen LogP contribution in [0.1, 0.15) is 27.7 Å². The van der Waals surface area contributed by atoms with Crippen molar-refractivity contribution < 1.29 is 13.9 Å². The second-order valence-electron chi connectivity index (χ2n) is 5.07. The lowest BCUT2D eigenvalue weighted by atomic mass is 10.2. The van der Waals surface area contributed by atoms with Crippen LogP contribution >= 0.6 is 0 Å². The van der Waals surface area contributed by atoms with Crippen LogP contribution in [0.15, 0.2) is 23.2 Å². The van der Waals surface area contributed by atoms with Gasteiger partial charge in [-0.2, -0.15) is 0 Å². The van der Waals surface area contributed by atoms with Crippen LogP contribution in [0.5, 0.6) is 0 Å². The molecule has 0 bridgehead atoms. The van der Waals surface area contributed by atoms with Gasteiger partial charge in [-0.3, -0.25) is 5.32 Å². The molecule has 0 saturated carbocycles. The highest BCUT2D eigenvalue weighted by Gasteiger charge is 2.16. The van der Waals surface area contributed by atoms with Crippen LogP contribution in [0, 0.1) is 5.82 Å². The zero-order valence-corrected chi connectivity index (χ0v) is 11.5. The average molecular weight is 267 g/mol. The number of hydrogen-bond donors (Lipinski definition) is 2. The summed E-state index contributed by atoms with van der Waals surface area (Å²) < 4.78 is 18.2. The molecule has 1 aromatic rings. The van der Waals surface area contributed by atoms with E-state index in [1.807, 2.05) is 0 Å². The number of anilines is 1. The highest BCUT2D eigenvalue weighted by atomic mass is 19.1. The Labute approximate surface area is 111 Å². The highest BCUT2D eigenvalue weighted by Crippen LogP contribution is 2.18. The number of carbonyl (C=O) groups excluding carboxylic acids is 1. The van der Waals surface area contributed by atoms with E-state index >= 15 is 0 Å². The summed E-state index contributed by atoms with van der Waals surface area (Å²) in [5.41, 5.74) is 5.50. The summed E-state index contributed by atoms with van der Waals surface area (Å²) in [6.45, 7) is 6.84. The van der Waals surface area contributed by atoms with Gasteiger partial charge >= 0.3 is 6.09 Å². The first-order chi connectivity index (χ1) is 8.65. The number of alkyl carbamates (subject to hydrolysis) is 1. The Morgan fingerprint density at radius 3 is 2.53 bits per heavy atom. The molecule has 0 aliphatic heterocycles. The van der Waals surface area contributed by atoms with Gasteiger partial charge in [0.15, 0.2) is 0 Å². The first kappa shape index (κ1) is 14.9. The smallest absolute Gasteiger partial charge is 0.413 e. The number of halogens is 1. The van der Waals surface area contributed by atoms with Crippen molar-refractivity contribution in [2.75, 3.05) is 5.73 Å². The van der Waals surface area contributed by atoms with Crippen molar-refractivity contribution in [2.45, 2.75) is 33.3 Å². The second-order valence-corrected chi connectivity index (χ2v) is 5.07. The third kappa shape index (κ3) is 5.85. The predicted molar refractivity (Wildman–Crippen MR) is 73.0 cm³/mol. The molecule has 0 spiro atoms. The molecular weight excluding hydrogens is 249 g/mol. The maximum Gasteiger partial charge on any atom is 0.413 e. The van der Waals surface area contributed by atoms with Gasteiger partial charge in [-0.1, -0.05) is 0 Å². The number of nitrogens with zero attached hydrogens (tertiary/aromatic N) is 1. The van der Waals surface area contributed by atoms with Crippen LogP contribution in [-0.2, 0) is 4.74 Å². The maximum atomic E-state index is 13.1. The first-order valence-electron chi connectivity index (χ1n) is 5.77. The van der Waals surface area contributed by atoms with Gasteiger partial charge in [0, 0.05) is 5.69 Å². The number of amidine groups is 1. The van der Waals surface area contributed by atoms with Crippen LogP contribution in [0.4, 0.5) is 20.6 Å². The SMILES string of the molecule is CC(=Nc1cc(N)cc(F)c1)NC(=O)OC(C)(C)C. The quantitative estimate of drug-likeness (QED) is 0.466. The fraction of sp³-hybridized carbons (Fsp3) is 0.385. The molecule has 19 heavy (non-hydrogen) atoms. The largest absolute Gasteiger partial charge is 0.444 e. The fourth-order valence-electron chi connectivity index (χ4n) is 1.33. The van der Waals surface area contributed by atoms with Gasteiger partial charge in [-0.15, -0.1) is 0 Å². The number of hydrogen-bond acceptors (Lipinski definition) is 4. The number of carbonyl (C=O) groups is 1. The van der Waals surface area contributed by atoms with Crippen molar-refractivity contribution in [3.63, 3.8) is 0 Å². The summed E-state index contributed by atoms with van der Waals surface area (Å²) in [6, 6.07) is 3.91. The summed E-state index contributed by atoms with van der Waals surface area (Å²) in [6.07, 6.45) is -0.613. The van der Waals surface area contributed by atoms with Crippen molar-refractivity contribution in [3.05, 3.63) is 24.0 Å². The molecule has 0 aliphatic carbocycles. The van der Waals surface area contributed by atoms with E-state index in [-0.39, 0.29) is 5.69 Å². The molecule has 0 atom stereocenters. The van der Waals surface area contributed by atoms with Crippen LogP contribution in [-0.4, -0.2) is 17.5 Å². The summed E-state index contributed by atoms with van der Waals surface area (Å²) in [5, 5.41) is 2.45. The van der Waals surface area contributed by atoms with Crippen molar-refractivity contribution in [2.24, 2.45) is 4.99 Å². The van der Waals surface area contributed by atoms with E-state index in [1.54, 1.807) is 27.7 Å². The predicted octanol–water partition coefficient (Wildman–Crippen LogP) is 2.98. The van der Waals surface area contributed by atoms with Gasteiger partial charge < -0.3 is 10.5 Å². The number of amides is 1. The Morgan fingerprint density at radius 1 is 1.37 bits per heavy atom. The number of aliphatic imine (C=N–C) groups is 1. The second kappa shape index (κ2) is 5.69. The highest BCUT2D eigenvalue weighted by molar-refractivity contribution is 5.95. The van der Waals surface area contributed by atoms with E-state index in [4.69, 9.17) is 10.5 Å². The van der Waals surface area contributed by atoms with Crippen LogP contribution in [0.3, 0.4) is 0 Å². The molecule has 1 amide bonds. The standard InChI is InChI=1S/C13H18FN3O2/c1-8(17-12(18)19-13(2,3)4)16-11-6-9(14)5-10(15)7-11/h5-7H,15H2,1-4H3,(H,16,17,18).